The Morgan fingerprint density at radius 3 is 2.21 bits per heavy atom. The molecule has 0 aliphatic heterocycles. The molecule has 0 bridgehead atoms. The van der Waals surface area contributed by atoms with Crippen molar-refractivity contribution < 1.29 is 24.3 Å². The van der Waals surface area contributed by atoms with Gasteiger partial charge in [-0.2, -0.15) is 11.8 Å². The number of rotatable bonds is 12. The first kappa shape index (κ1) is 24.4. The molecule has 0 saturated heterocycles. The van der Waals surface area contributed by atoms with E-state index in [1.54, 1.807) is 24.3 Å². The van der Waals surface area contributed by atoms with Gasteiger partial charge in [-0.1, -0.05) is 30.3 Å². The predicted molar refractivity (Wildman–Crippen MR) is 111 cm³/mol. The summed E-state index contributed by atoms with van der Waals surface area (Å²) >= 11 is 1.49. The number of amides is 3. The summed E-state index contributed by atoms with van der Waals surface area (Å²) < 4.78 is 0. The fourth-order valence-electron chi connectivity index (χ4n) is 2.49. The lowest BCUT2D eigenvalue weighted by atomic mass is 10.1. The summed E-state index contributed by atoms with van der Waals surface area (Å²) in [5.41, 5.74) is 5.98. The minimum atomic E-state index is -1.17. The standard InChI is InChI=1S/C19H28N4O5S/c1-12(21-16(24)11-20)17(25)22-14(8-9-29-2)18(26)23-15(19(27)28)10-13-6-4-3-5-7-13/h3-7,12,14-15H,8-11,20H2,1-2H3,(H,21,24)(H,22,25)(H,23,26)(H,27,28). The minimum Gasteiger partial charge on any atom is -0.480 e. The van der Waals surface area contributed by atoms with Gasteiger partial charge in [0, 0.05) is 6.42 Å². The van der Waals surface area contributed by atoms with Crippen molar-refractivity contribution >= 4 is 35.5 Å². The highest BCUT2D eigenvalue weighted by Gasteiger charge is 2.28. The third-order valence-electron chi connectivity index (χ3n) is 4.10. The maximum atomic E-state index is 12.7. The van der Waals surface area contributed by atoms with Crippen LogP contribution >= 0.6 is 11.8 Å². The summed E-state index contributed by atoms with van der Waals surface area (Å²) in [6.07, 6.45) is 2.29. The smallest absolute Gasteiger partial charge is 0.326 e. The van der Waals surface area contributed by atoms with Crippen LogP contribution in [0.3, 0.4) is 0 Å². The fourth-order valence-corrected chi connectivity index (χ4v) is 2.96. The molecule has 6 N–H and O–H groups in total. The molecule has 3 atom stereocenters. The van der Waals surface area contributed by atoms with Gasteiger partial charge >= 0.3 is 5.97 Å². The van der Waals surface area contributed by atoms with Gasteiger partial charge in [-0.05, 0) is 30.9 Å². The van der Waals surface area contributed by atoms with Gasteiger partial charge in [-0.25, -0.2) is 4.79 Å². The lowest BCUT2D eigenvalue weighted by molar-refractivity contribution is -0.142. The molecule has 1 aromatic carbocycles. The number of hydrogen-bond donors (Lipinski definition) is 5. The molecule has 3 unspecified atom stereocenters. The maximum Gasteiger partial charge on any atom is 0.326 e. The molecule has 9 nitrogen and oxygen atoms in total. The average Bonchev–Trinajstić information content (AvgIpc) is 2.70. The van der Waals surface area contributed by atoms with Gasteiger partial charge in [-0.3, -0.25) is 14.4 Å². The molecule has 1 rings (SSSR count). The predicted octanol–water partition coefficient (Wildman–Crippen LogP) is -0.500. The molecule has 0 fully saturated rings. The molecule has 160 valence electrons. The molecule has 0 heterocycles. The first-order valence-electron chi connectivity index (χ1n) is 9.14. The van der Waals surface area contributed by atoms with Gasteiger partial charge in [0.1, 0.15) is 18.1 Å². The second-order valence-corrected chi connectivity index (χ2v) is 7.41. The summed E-state index contributed by atoms with van der Waals surface area (Å²) in [5, 5.41) is 17.0. The first-order valence-corrected chi connectivity index (χ1v) is 10.5. The lowest BCUT2D eigenvalue weighted by Crippen LogP contribution is -2.56. The van der Waals surface area contributed by atoms with E-state index in [-0.39, 0.29) is 13.0 Å². The van der Waals surface area contributed by atoms with E-state index in [0.717, 1.165) is 5.56 Å². The zero-order valence-corrected chi connectivity index (χ0v) is 17.3. The Labute approximate surface area is 174 Å². The van der Waals surface area contributed by atoms with Crippen molar-refractivity contribution in [1.29, 1.82) is 0 Å². The van der Waals surface area contributed by atoms with Crippen LogP contribution in [0.1, 0.15) is 18.9 Å². The molecule has 0 spiro atoms. The van der Waals surface area contributed by atoms with Crippen LogP contribution in [0.5, 0.6) is 0 Å². The van der Waals surface area contributed by atoms with Gasteiger partial charge in [0.05, 0.1) is 6.54 Å². The average molecular weight is 425 g/mol. The van der Waals surface area contributed by atoms with E-state index >= 15 is 0 Å². The Morgan fingerprint density at radius 1 is 1.03 bits per heavy atom. The summed E-state index contributed by atoms with van der Waals surface area (Å²) in [5.74, 6) is -2.22. The molecule has 0 aliphatic rings. The number of nitrogens with one attached hydrogen (secondary N) is 3. The van der Waals surface area contributed by atoms with Crippen LogP contribution < -0.4 is 21.7 Å². The van der Waals surface area contributed by atoms with Gasteiger partial charge in [0.15, 0.2) is 0 Å². The van der Waals surface area contributed by atoms with Crippen LogP contribution in [0.25, 0.3) is 0 Å². The molecule has 0 aromatic heterocycles. The first-order chi connectivity index (χ1) is 13.8. The van der Waals surface area contributed by atoms with Crippen molar-refractivity contribution in [2.75, 3.05) is 18.6 Å². The molecular formula is C19H28N4O5S. The quantitative estimate of drug-likeness (QED) is 0.303. The molecule has 3 amide bonds. The zero-order chi connectivity index (χ0) is 21.8. The third-order valence-corrected chi connectivity index (χ3v) is 4.74. The van der Waals surface area contributed by atoms with Crippen LogP contribution in [-0.2, 0) is 25.6 Å². The minimum absolute atomic E-state index is 0.119. The number of aliphatic carboxylic acids is 1. The Balaban J connectivity index is 2.80. The molecule has 29 heavy (non-hydrogen) atoms. The normalized spacial score (nSPS) is 13.6. The number of hydrogen-bond acceptors (Lipinski definition) is 6. The SMILES string of the molecule is CSCCC(NC(=O)C(C)NC(=O)CN)C(=O)NC(Cc1ccccc1)C(=O)O. The fraction of sp³-hybridized carbons (Fsp3) is 0.474. The zero-order valence-electron chi connectivity index (χ0n) is 16.5. The lowest BCUT2D eigenvalue weighted by Gasteiger charge is -2.23. The van der Waals surface area contributed by atoms with Crippen molar-refractivity contribution in [2.24, 2.45) is 5.73 Å². The van der Waals surface area contributed by atoms with Crippen molar-refractivity contribution in [3.8, 4) is 0 Å². The number of carbonyl (C=O) groups is 4. The van der Waals surface area contributed by atoms with E-state index < -0.39 is 41.8 Å². The topological polar surface area (TPSA) is 151 Å². The monoisotopic (exact) mass is 424 g/mol. The van der Waals surface area contributed by atoms with Crippen molar-refractivity contribution in [1.82, 2.24) is 16.0 Å². The van der Waals surface area contributed by atoms with E-state index in [9.17, 15) is 24.3 Å². The number of thioether (sulfide) groups is 1. The summed E-state index contributed by atoms with van der Waals surface area (Å²) in [4.78, 5) is 47.9. The Bertz CT molecular complexity index is 701. The Morgan fingerprint density at radius 2 is 1.66 bits per heavy atom. The van der Waals surface area contributed by atoms with Crippen LogP contribution in [-0.4, -0.2) is 65.5 Å². The van der Waals surface area contributed by atoms with Crippen molar-refractivity contribution in [3.63, 3.8) is 0 Å². The van der Waals surface area contributed by atoms with Crippen LogP contribution in [0.2, 0.25) is 0 Å². The van der Waals surface area contributed by atoms with E-state index in [1.807, 2.05) is 12.3 Å². The maximum absolute atomic E-state index is 12.7. The van der Waals surface area contributed by atoms with Crippen LogP contribution in [0.15, 0.2) is 30.3 Å². The second-order valence-electron chi connectivity index (χ2n) is 6.43. The van der Waals surface area contributed by atoms with E-state index in [4.69, 9.17) is 5.73 Å². The summed E-state index contributed by atoms with van der Waals surface area (Å²) in [6.45, 7) is 1.22. The molecule has 0 radical (unpaired) electrons. The number of carbonyl (C=O) groups excluding carboxylic acids is 3. The number of carboxylic acid groups (broad SMARTS) is 1. The number of benzene rings is 1. The van der Waals surface area contributed by atoms with Gasteiger partial charge in [0.2, 0.25) is 17.7 Å². The summed E-state index contributed by atoms with van der Waals surface area (Å²) in [6, 6.07) is 6.00. The van der Waals surface area contributed by atoms with Crippen LogP contribution in [0.4, 0.5) is 0 Å². The van der Waals surface area contributed by atoms with E-state index in [2.05, 4.69) is 16.0 Å². The summed E-state index contributed by atoms with van der Waals surface area (Å²) in [7, 11) is 0. The van der Waals surface area contributed by atoms with E-state index in [1.165, 1.54) is 18.7 Å². The molecule has 0 aliphatic carbocycles. The Hall–Kier alpha value is -2.59. The second kappa shape index (κ2) is 12.8. The highest BCUT2D eigenvalue weighted by atomic mass is 32.2. The van der Waals surface area contributed by atoms with Crippen molar-refractivity contribution in [2.45, 2.75) is 37.9 Å². The van der Waals surface area contributed by atoms with Crippen molar-refractivity contribution in [3.05, 3.63) is 35.9 Å². The molecular weight excluding hydrogens is 396 g/mol. The van der Waals surface area contributed by atoms with Gasteiger partial charge < -0.3 is 26.8 Å². The largest absolute Gasteiger partial charge is 0.480 e. The van der Waals surface area contributed by atoms with E-state index in [0.29, 0.717) is 12.2 Å². The highest BCUT2D eigenvalue weighted by molar-refractivity contribution is 7.98. The number of nitrogens with two attached hydrogens (primary N) is 1. The van der Waals surface area contributed by atoms with Crippen LogP contribution in [0, 0.1) is 0 Å². The van der Waals surface area contributed by atoms with Gasteiger partial charge in [-0.15, -0.1) is 0 Å². The third kappa shape index (κ3) is 8.97. The van der Waals surface area contributed by atoms with Gasteiger partial charge in [0.25, 0.3) is 0 Å². The Kier molecular flexibility index (Phi) is 10.8. The highest BCUT2D eigenvalue weighted by Crippen LogP contribution is 2.06. The molecule has 10 heteroatoms. The molecule has 0 saturated carbocycles. The molecule has 1 aromatic rings. The number of carboxylic acids is 1.